The van der Waals surface area contributed by atoms with Crippen molar-refractivity contribution in [3.05, 3.63) is 92.9 Å². The number of primary amides is 1. The van der Waals surface area contributed by atoms with Gasteiger partial charge in [0.15, 0.2) is 0 Å². The van der Waals surface area contributed by atoms with Gasteiger partial charge in [-0.25, -0.2) is 0 Å². The highest BCUT2D eigenvalue weighted by molar-refractivity contribution is 14.1. The molecule has 142 valence electrons. The molecule has 2 N–H and O–H groups in total. The van der Waals surface area contributed by atoms with Crippen molar-refractivity contribution in [2.24, 2.45) is 5.73 Å². The predicted molar refractivity (Wildman–Crippen MR) is 130 cm³/mol. The standard InChI is InChI=1S/C24H17IN2OS/c25-17-9-6-15(7-10-17)14-27-20-4-1-3-19(24(26)28)23(20)18-11-8-16(13-21(18)27)22-5-2-12-29-22/h1-13H,14H2,(H2,26,28). The average molecular weight is 508 g/mol. The maximum atomic E-state index is 12.1. The van der Waals surface area contributed by atoms with Gasteiger partial charge in [0, 0.05) is 31.3 Å². The Bertz CT molecular complexity index is 1350. The van der Waals surface area contributed by atoms with Crippen molar-refractivity contribution in [1.82, 2.24) is 4.57 Å². The molecule has 0 aliphatic heterocycles. The second kappa shape index (κ2) is 7.31. The second-order valence-electron chi connectivity index (χ2n) is 6.99. The summed E-state index contributed by atoms with van der Waals surface area (Å²) in [6.45, 7) is 0.729. The fourth-order valence-corrected chi connectivity index (χ4v) is 4.97. The summed E-state index contributed by atoms with van der Waals surface area (Å²) in [7, 11) is 0. The third kappa shape index (κ3) is 3.24. The number of aromatic nitrogens is 1. The maximum Gasteiger partial charge on any atom is 0.249 e. The molecule has 0 fully saturated rings. The van der Waals surface area contributed by atoms with E-state index in [1.807, 2.05) is 12.1 Å². The Morgan fingerprint density at radius 3 is 2.52 bits per heavy atom. The van der Waals surface area contributed by atoms with Crippen LogP contribution in [0, 0.1) is 3.57 Å². The number of fused-ring (bicyclic) bond motifs is 3. The number of hydrogen-bond donors (Lipinski definition) is 1. The van der Waals surface area contributed by atoms with Crippen molar-refractivity contribution in [3.63, 3.8) is 0 Å². The van der Waals surface area contributed by atoms with Crippen molar-refractivity contribution in [1.29, 1.82) is 0 Å². The lowest BCUT2D eigenvalue weighted by molar-refractivity contribution is 0.100. The number of nitrogens with zero attached hydrogens (tertiary/aromatic N) is 1. The van der Waals surface area contributed by atoms with E-state index in [4.69, 9.17) is 5.73 Å². The Morgan fingerprint density at radius 2 is 1.79 bits per heavy atom. The van der Waals surface area contributed by atoms with Gasteiger partial charge in [-0.1, -0.05) is 36.4 Å². The number of rotatable bonds is 4. The molecule has 0 spiro atoms. The molecule has 0 saturated carbocycles. The van der Waals surface area contributed by atoms with Crippen LogP contribution in [-0.2, 0) is 6.54 Å². The number of benzene rings is 3. The Kier molecular flexibility index (Phi) is 4.64. The molecule has 1 amide bonds. The lowest BCUT2D eigenvalue weighted by Gasteiger charge is -2.09. The summed E-state index contributed by atoms with van der Waals surface area (Å²) in [6.07, 6.45) is 0. The van der Waals surface area contributed by atoms with E-state index in [0.717, 1.165) is 28.4 Å². The van der Waals surface area contributed by atoms with Gasteiger partial charge in [0.1, 0.15) is 0 Å². The predicted octanol–water partition coefficient (Wildman–Crippen LogP) is 6.27. The van der Waals surface area contributed by atoms with Crippen LogP contribution in [-0.4, -0.2) is 10.5 Å². The quantitative estimate of drug-likeness (QED) is 0.286. The number of carbonyl (C=O) groups is 1. The van der Waals surface area contributed by atoms with E-state index in [-0.39, 0.29) is 0 Å². The summed E-state index contributed by atoms with van der Waals surface area (Å²) in [5.41, 5.74) is 10.8. The molecule has 0 unspecified atom stereocenters. The fraction of sp³-hybridized carbons (Fsp3) is 0.0417. The van der Waals surface area contributed by atoms with Crippen molar-refractivity contribution in [2.45, 2.75) is 6.54 Å². The third-order valence-electron chi connectivity index (χ3n) is 5.22. The highest BCUT2D eigenvalue weighted by Gasteiger charge is 2.17. The van der Waals surface area contributed by atoms with Crippen LogP contribution in [0.3, 0.4) is 0 Å². The highest BCUT2D eigenvalue weighted by atomic mass is 127. The molecule has 2 aromatic heterocycles. The van der Waals surface area contributed by atoms with E-state index in [1.54, 1.807) is 11.3 Å². The largest absolute Gasteiger partial charge is 0.366 e. The van der Waals surface area contributed by atoms with Crippen LogP contribution in [0.15, 0.2) is 78.2 Å². The molecule has 2 heterocycles. The SMILES string of the molecule is NC(=O)c1cccc2c1c1ccc(-c3cccs3)cc1n2Cc1ccc(I)cc1. The van der Waals surface area contributed by atoms with Crippen LogP contribution in [0.4, 0.5) is 0 Å². The van der Waals surface area contributed by atoms with Crippen LogP contribution in [0.2, 0.25) is 0 Å². The first-order valence-corrected chi connectivity index (χ1v) is 11.2. The number of carbonyl (C=O) groups excluding carboxylic acids is 1. The zero-order valence-corrected chi connectivity index (χ0v) is 18.4. The van der Waals surface area contributed by atoms with E-state index in [0.29, 0.717) is 5.56 Å². The average Bonchev–Trinajstić information content (AvgIpc) is 3.36. The van der Waals surface area contributed by atoms with E-state index in [2.05, 4.69) is 93.2 Å². The van der Waals surface area contributed by atoms with Crippen LogP contribution in [0.5, 0.6) is 0 Å². The molecule has 3 aromatic carbocycles. The summed E-state index contributed by atoms with van der Waals surface area (Å²) in [4.78, 5) is 13.4. The molecule has 3 nitrogen and oxygen atoms in total. The summed E-state index contributed by atoms with van der Waals surface area (Å²) >= 11 is 4.05. The van der Waals surface area contributed by atoms with Gasteiger partial charge in [0.25, 0.3) is 0 Å². The molecule has 5 aromatic rings. The normalized spacial score (nSPS) is 11.3. The minimum Gasteiger partial charge on any atom is -0.366 e. The zero-order chi connectivity index (χ0) is 20.0. The Labute approximate surface area is 185 Å². The molecule has 0 aliphatic rings. The Morgan fingerprint density at radius 1 is 0.966 bits per heavy atom. The Balaban J connectivity index is 1.81. The van der Waals surface area contributed by atoms with Gasteiger partial charge in [-0.15, -0.1) is 11.3 Å². The molecule has 0 atom stereocenters. The number of nitrogens with two attached hydrogens (primary N) is 1. The molecule has 0 saturated heterocycles. The van der Waals surface area contributed by atoms with Crippen LogP contribution >= 0.6 is 33.9 Å². The molecule has 5 rings (SSSR count). The molecule has 0 radical (unpaired) electrons. The molecule has 29 heavy (non-hydrogen) atoms. The Hall–Kier alpha value is -2.64. The van der Waals surface area contributed by atoms with Gasteiger partial charge in [-0.3, -0.25) is 4.79 Å². The van der Waals surface area contributed by atoms with Crippen molar-refractivity contribution < 1.29 is 4.79 Å². The minimum absolute atomic E-state index is 0.397. The monoisotopic (exact) mass is 508 g/mol. The minimum atomic E-state index is -0.397. The van der Waals surface area contributed by atoms with Crippen molar-refractivity contribution in [3.8, 4) is 10.4 Å². The third-order valence-corrected chi connectivity index (χ3v) is 6.85. The summed E-state index contributed by atoms with van der Waals surface area (Å²) in [5, 5.41) is 4.07. The summed E-state index contributed by atoms with van der Waals surface area (Å²) in [6, 6.07) is 25.0. The number of halogens is 1. The lowest BCUT2D eigenvalue weighted by Crippen LogP contribution is -2.11. The fourth-order valence-electron chi connectivity index (χ4n) is 3.89. The molecule has 5 heteroatoms. The summed E-state index contributed by atoms with van der Waals surface area (Å²) < 4.78 is 3.50. The van der Waals surface area contributed by atoms with Gasteiger partial charge in [-0.05, 0) is 75.5 Å². The van der Waals surface area contributed by atoms with Crippen LogP contribution in [0.1, 0.15) is 15.9 Å². The number of thiophene rings is 1. The van der Waals surface area contributed by atoms with Gasteiger partial charge in [0.2, 0.25) is 5.91 Å². The molecular formula is C24H17IN2OS. The lowest BCUT2D eigenvalue weighted by atomic mass is 10.0. The number of amides is 1. The van der Waals surface area contributed by atoms with E-state index in [1.165, 1.54) is 19.6 Å². The first-order valence-electron chi connectivity index (χ1n) is 9.25. The molecule has 0 aliphatic carbocycles. The topological polar surface area (TPSA) is 48.0 Å². The number of hydrogen-bond acceptors (Lipinski definition) is 2. The molecule has 0 bridgehead atoms. The van der Waals surface area contributed by atoms with E-state index < -0.39 is 5.91 Å². The van der Waals surface area contributed by atoms with Gasteiger partial charge in [0.05, 0.1) is 11.0 Å². The van der Waals surface area contributed by atoms with Crippen LogP contribution in [0.25, 0.3) is 32.2 Å². The van der Waals surface area contributed by atoms with Crippen LogP contribution < -0.4 is 5.73 Å². The van der Waals surface area contributed by atoms with E-state index >= 15 is 0 Å². The highest BCUT2D eigenvalue weighted by Crippen LogP contribution is 2.36. The first kappa shape index (κ1) is 18.4. The smallest absolute Gasteiger partial charge is 0.249 e. The maximum absolute atomic E-state index is 12.1. The van der Waals surface area contributed by atoms with Gasteiger partial charge in [-0.2, -0.15) is 0 Å². The van der Waals surface area contributed by atoms with E-state index in [9.17, 15) is 4.79 Å². The summed E-state index contributed by atoms with van der Waals surface area (Å²) in [5.74, 6) is -0.397. The van der Waals surface area contributed by atoms with Crippen molar-refractivity contribution >= 4 is 61.6 Å². The second-order valence-corrected chi connectivity index (χ2v) is 9.18. The first-order chi connectivity index (χ1) is 14.1. The molecular weight excluding hydrogens is 491 g/mol. The van der Waals surface area contributed by atoms with Gasteiger partial charge >= 0.3 is 0 Å². The van der Waals surface area contributed by atoms with Gasteiger partial charge < -0.3 is 10.3 Å². The van der Waals surface area contributed by atoms with Crippen molar-refractivity contribution in [2.75, 3.05) is 0 Å². The zero-order valence-electron chi connectivity index (χ0n) is 15.4.